The second-order valence-corrected chi connectivity index (χ2v) is 0.192. The topological polar surface area (TPSA) is 34.7 Å². The molecule has 0 aromatic heterocycles. The van der Waals surface area contributed by atoms with Gasteiger partial charge in [0.05, 0.1) is 0 Å². The number of hydrogen-bond donors (Lipinski definition) is 0. The van der Waals surface area contributed by atoms with Gasteiger partial charge < -0.3 is 5.48 Å². The minimum Gasteiger partial charge on any atom is -0.412 e. The number of nitrogens with zero attached hydrogens (tertiary/aromatic N) is 1. The van der Waals surface area contributed by atoms with Crippen LogP contribution in [-0.4, -0.2) is 11.0 Å². The zero-order chi connectivity index (χ0) is 3.58. The minimum atomic E-state index is -2.50. The maximum absolute atomic E-state index is 9.50. The molecule has 6 heteroatoms. The van der Waals surface area contributed by atoms with Gasteiger partial charge in [0.15, 0.2) is 5.57 Å². The van der Waals surface area contributed by atoms with Gasteiger partial charge in [-0.3, -0.25) is 0 Å². The van der Waals surface area contributed by atoms with Gasteiger partial charge in [-0.2, -0.15) is 0 Å². The van der Waals surface area contributed by atoms with Crippen molar-refractivity contribution >= 4 is 0 Å². The van der Waals surface area contributed by atoms with Crippen LogP contribution in [0.4, 0.5) is 13.4 Å². The van der Waals surface area contributed by atoms with Crippen LogP contribution in [0.5, 0.6) is 0 Å². The summed E-state index contributed by atoms with van der Waals surface area (Å²) < 4.78 is 28.5. The first-order chi connectivity index (χ1) is 1.73. The Morgan fingerprint density at radius 3 is 1.00 bits per heavy atom. The summed E-state index contributed by atoms with van der Waals surface area (Å²) in [4.78, 5) is 0. The largest absolute Gasteiger partial charge is 0.412 e. The molecule has 0 radical (unpaired) electrons. The summed E-state index contributed by atoms with van der Waals surface area (Å²) in [6.07, 6.45) is 0. The van der Waals surface area contributed by atoms with Gasteiger partial charge in [0.1, 0.15) is 0 Å². The zero-order valence-corrected chi connectivity index (χ0v) is 4.14. The van der Waals surface area contributed by atoms with E-state index in [0.29, 0.717) is 0 Å². The smallest absolute Gasteiger partial charge is 0.199 e. The summed E-state index contributed by atoms with van der Waals surface area (Å²) in [5, 5.41) is 0. The Morgan fingerprint density at radius 1 is 1.00 bits per heavy atom. The quantitative estimate of drug-likeness (QED) is 0.344. The summed E-state index contributed by atoms with van der Waals surface area (Å²) in [6, 6.07) is 0. The summed E-state index contributed by atoms with van der Waals surface area (Å²) in [5.41, 5.74) is -2.50. The van der Waals surface area contributed by atoms with Crippen LogP contribution in [0, 0.1) is 0 Å². The average molecular weight is 137 g/mol. The van der Waals surface area contributed by atoms with E-state index in [1.54, 1.807) is 0 Å². The SMILES string of the molecule is FN(F)F.O.[Ti]. The standard InChI is InChI=1S/F3N.H2O.Ti/c1-4(2)3;;/h;1H2;. The maximum atomic E-state index is 9.50. The first-order valence-electron chi connectivity index (χ1n) is 0.507. The molecule has 0 amide bonds. The molecule has 0 aliphatic carbocycles. The van der Waals surface area contributed by atoms with E-state index in [2.05, 4.69) is 0 Å². The number of rotatable bonds is 0. The van der Waals surface area contributed by atoms with Crippen molar-refractivity contribution in [3.8, 4) is 0 Å². The summed E-state index contributed by atoms with van der Waals surface area (Å²) >= 11 is 0. The van der Waals surface area contributed by atoms with Crippen LogP contribution in [-0.2, 0) is 21.7 Å². The van der Waals surface area contributed by atoms with Crippen molar-refractivity contribution in [3.63, 3.8) is 0 Å². The molecular formula is H2F3NOTi. The third kappa shape index (κ3) is 288. The van der Waals surface area contributed by atoms with Crippen molar-refractivity contribution in [1.29, 1.82) is 0 Å². The fraction of sp³-hybridized carbons (Fsp3) is 0. The minimum absolute atomic E-state index is 0. The van der Waals surface area contributed by atoms with E-state index >= 15 is 0 Å². The number of hydrogen-bond acceptors (Lipinski definition) is 1. The molecule has 0 saturated carbocycles. The Morgan fingerprint density at radius 2 is 1.00 bits per heavy atom. The van der Waals surface area contributed by atoms with Crippen LogP contribution in [0.25, 0.3) is 0 Å². The van der Waals surface area contributed by atoms with E-state index in [1.165, 1.54) is 0 Å². The Bertz CT molecular complexity index is 15.5. The molecule has 0 bridgehead atoms. The van der Waals surface area contributed by atoms with Gasteiger partial charge in [0.2, 0.25) is 0 Å². The van der Waals surface area contributed by atoms with Crippen molar-refractivity contribution in [3.05, 3.63) is 0 Å². The molecule has 6 heavy (non-hydrogen) atoms. The van der Waals surface area contributed by atoms with Gasteiger partial charge in [-0.1, -0.05) is 13.4 Å². The Hall–Kier alpha value is 0.424. The second kappa shape index (κ2) is 9.06. The third-order valence-corrected chi connectivity index (χ3v) is 0. The molecule has 2 nitrogen and oxygen atoms in total. The van der Waals surface area contributed by atoms with Crippen molar-refractivity contribution < 1.29 is 40.6 Å². The molecule has 0 heterocycles. The molecule has 0 aromatic rings. The molecule has 0 aliphatic heterocycles. The van der Waals surface area contributed by atoms with Crippen LogP contribution in [0.1, 0.15) is 0 Å². The fourth-order valence-corrected chi connectivity index (χ4v) is 0. The second-order valence-electron chi connectivity index (χ2n) is 0.192. The molecular weight excluding hydrogens is 135 g/mol. The fourth-order valence-electron chi connectivity index (χ4n) is 0. The van der Waals surface area contributed by atoms with E-state index in [0.717, 1.165) is 0 Å². The predicted molar refractivity (Wildman–Crippen MR) is 8.78 cm³/mol. The van der Waals surface area contributed by atoms with Crippen LogP contribution in [0.15, 0.2) is 0 Å². The molecule has 0 saturated heterocycles. The monoisotopic (exact) mass is 137 g/mol. The van der Waals surface area contributed by atoms with Gasteiger partial charge in [0, 0.05) is 21.7 Å². The van der Waals surface area contributed by atoms with Gasteiger partial charge in [-0.25, -0.2) is 0 Å². The molecule has 0 fully saturated rings. The van der Waals surface area contributed by atoms with Crippen molar-refractivity contribution in [2.24, 2.45) is 0 Å². The molecule has 0 unspecified atom stereocenters. The van der Waals surface area contributed by atoms with Crippen LogP contribution in [0.2, 0.25) is 0 Å². The Balaban J connectivity index is -0.0000000450. The maximum Gasteiger partial charge on any atom is 0.199 e. The molecule has 2 N–H and O–H groups in total. The van der Waals surface area contributed by atoms with Gasteiger partial charge in [-0.05, 0) is 0 Å². The van der Waals surface area contributed by atoms with Crippen molar-refractivity contribution in [1.82, 2.24) is 5.57 Å². The molecule has 0 atom stereocenters. The zero-order valence-electron chi connectivity index (χ0n) is 2.58. The van der Waals surface area contributed by atoms with Crippen molar-refractivity contribution in [2.45, 2.75) is 0 Å². The van der Waals surface area contributed by atoms with Gasteiger partial charge in [-0.15, -0.1) is 0 Å². The van der Waals surface area contributed by atoms with Crippen molar-refractivity contribution in [2.75, 3.05) is 0 Å². The summed E-state index contributed by atoms with van der Waals surface area (Å²) in [7, 11) is 0. The van der Waals surface area contributed by atoms with E-state index in [-0.39, 0.29) is 27.2 Å². The first-order valence-corrected chi connectivity index (χ1v) is 0.507. The van der Waals surface area contributed by atoms with Gasteiger partial charge >= 0.3 is 0 Å². The van der Waals surface area contributed by atoms with Crippen LogP contribution < -0.4 is 0 Å². The first kappa shape index (κ1) is 16.1. The van der Waals surface area contributed by atoms with E-state index in [1.807, 2.05) is 0 Å². The molecule has 0 rings (SSSR count). The summed E-state index contributed by atoms with van der Waals surface area (Å²) in [5.74, 6) is 0. The Labute approximate surface area is 46.9 Å². The van der Waals surface area contributed by atoms with Crippen LogP contribution >= 0.6 is 0 Å². The van der Waals surface area contributed by atoms with Crippen LogP contribution in [0.3, 0.4) is 0 Å². The number of halogens is 3. The van der Waals surface area contributed by atoms with Gasteiger partial charge in [0.25, 0.3) is 0 Å². The summed E-state index contributed by atoms with van der Waals surface area (Å²) in [6.45, 7) is 0. The Kier molecular flexibility index (Phi) is 24.3. The third-order valence-electron chi connectivity index (χ3n) is 0. The predicted octanol–water partition coefficient (Wildman–Crippen LogP) is 0.115. The molecule has 0 aliphatic rings. The van der Waals surface area contributed by atoms with E-state index in [4.69, 9.17) is 0 Å². The average Bonchev–Trinajstić information content (AvgIpc) is 0.811. The van der Waals surface area contributed by atoms with E-state index in [9.17, 15) is 13.4 Å². The molecule has 38 valence electrons. The normalized spacial score (nSPS) is 6.00. The van der Waals surface area contributed by atoms with E-state index < -0.39 is 5.57 Å². The molecule has 0 aromatic carbocycles. The molecule has 0 spiro atoms.